The van der Waals surface area contributed by atoms with Crippen LogP contribution in [0.25, 0.3) is 78.3 Å². The number of aromatic nitrogens is 6. The number of carbonyl (C=O) groups excluding carboxylic acids is 1. The van der Waals surface area contributed by atoms with Gasteiger partial charge < -0.3 is 35.2 Å². The second kappa shape index (κ2) is 55.6. The molecule has 30 heteroatoms. The standard InChI is InChI=1S/C31H28ClFN2O3.C29H26ClFN2O2.C26H20ClFN2O2.C12H23N.C3H4O4.I3.I2.HI/c1-2-25(26-13-12-24(33)18-27(26)32)31(21-9-6-20(7-10-21)8-15-30(36)37)22-11-14-28-23(17-22)19-34-35(28)29-5-3-4-16-38-29;1-2-24(25-12-11-23(31)16-26(25)30)29(20-8-6-19(18-34)7-9-20)21-10-13-27-22(15-21)17-32-33(27)28-5-3-4-14-35-28;1-2-21(22-10-9-20(28)14-23(22)27)26(18-8-11-24-19(13-18)15-29-30-24)17-6-3-16(4-7-17)5-12-25(31)32;1-3-7-11(8-4-1)13-12-9-5-2-6-10-12;4-2(5)1-3(6)7;1-3-2;1-2;/h6-15,17-19,29H,2-5,16H2,1H3,(H,36,37);6-13,15-18,28H,2-5,14H2,1H3;3-15H,2H2,1H3,(H,29,30)(H,31,32);11-13H,1-10H2;1H2,(H,4,5)(H,6,7);;;1H/q;;;;;-1;;/b15-8+,31-25+;29-24+;12-5+,26-21+;;;;;. The molecule has 9 aromatic carbocycles. The summed E-state index contributed by atoms with van der Waals surface area (Å²) < 4.78 is 57.3. The van der Waals surface area contributed by atoms with Crippen molar-refractivity contribution in [3.05, 3.63) is 312 Å². The first-order valence-electron chi connectivity index (χ1n) is 43.0. The first-order chi connectivity index (χ1) is 63.0. The van der Waals surface area contributed by atoms with E-state index in [2.05, 4.69) is 156 Å². The monoisotopic (exact) mass is 2510 g/mol. The summed E-state index contributed by atoms with van der Waals surface area (Å²) in [7, 11) is 0. The maximum absolute atomic E-state index is 13.9. The molecular weight excluding hydrogens is 2410 g/mol. The molecule has 2 saturated carbocycles. The third-order valence-electron chi connectivity index (χ3n) is 22.6. The van der Waals surface area contributed by atoms with Crippen LogP contribution >= 0.6 is 133 Å². The van der Waals surface area contributed by atoms with E-state index in [0.717, 1.165) is 210 Å². The first-order valence-corrected chi connectivity index (χ1v) is 62.9. The van der Waals surface area contributed by atoms with Crippen LogP contribution in [-0.2, 0) is 28.7 Å². The summed E-state index contributed by atoms with van der Waals surface area (Å²) in [6.45, 7) is 7.65. The van der Waals surface area contributed by atoms with Crippen molar-refractivity contribution in [2.24, 2.45) is 0 Å². The summed E-state index contributed by atoms with van der Waals surface area (Å²) >= 11 is 29.0. The summed E-state index contributed by atoms with van der Waals surface area (Å²) in [5, 5.41) is 57.5. The minimum absolute atomic E-state index is 0. The Kier molecular flexibility index (Phi) is 45.5. The fourth-order valence-corrected chi connectivity index (χ4v) is 17.5. The number of ether oxygens (including phenoxy) is 2. The number of carboxylic acid groups (broad SMARTS) is 4. The number of benzene rings is 9. The van der Waals surface area contributed by atoms with Crippen molar-refractivity contribution in [3.63, 3.8) is 0 Å². The molecule has 0 spiro atoms. The van der Waals surface area contributed by atoms with Gasteiger partial charge in [0.05, 0.1) is 50.2 Å². The van der Waals surface area contributed by atoms with E-state index >= 15 is 0 Å². The number of aldehydes is 1. The number of nitrogens with zero attached hydrogens (tertiary/aromatic N) is 5. The molecule has 4 fully saturated rings. The molecule has 2 saturated heterocycles. The number of rotatable bonds is 23. The van der Waals surface area contributed by atoms with E-state index in [1.807, 2.05) is 101 Å². The van der Waals surface area contributed by atoms with Crippen molar-refractivity contribution >= 4 is 242 Å². The van der Waals surface area contributed by atoms with Gasteiger partial charge >= 0.3 is 74.4 Å². The molecule has 692 valence electrons. The number of H-pyrrole nitrogens is 1. The van der Waals surface area contributed by atoms with Crippen LogP contribution < -0.4 is 18.6 Å². The molecule has 2 unspecified atom stereocenters. The van der Waals surface area contributed by atoms with Crippen molar-refractivity contribution in [2.75, 3.05) is 13.2 Å². The van der Waals surface area contributed by atoms with E-state index in [9.17, 15) is 37.1 Å². The normalized spacial score (nSPS) is 15.7. The van der Waals surface area contributed by atoms with Crippen LogP contribution in [0.3, 0.4) is 0 Å². The minimum Gasteiger partial charge on any atom is -0.481 e. The van der Waals surface area contributed by atoms with Gasteiger partial charge in [0.1, 0.15) is 30.2 Å². The van der Waals surface area contributed by atoms with Crippen LogP contribution in [0.1, 0.15) is 233 Å². The molecule has 16 rings (SSSR count). The van der Waals surface area contributed by atoms with Gasteiger partial charge in [0.15, 0.2) is 12.5 Å². The second-order valence-corrected chi connectivity index (χ2v) is 48.7. The van der Waals surface area contributed by atoms with Gasteiger partial charge in [0.25, 0.3) is 0 Å². The van der Waals surface area contributed by atoms with E-state index in [4.69, 9.17) is 64.7 Å². The number of hydrogen-bond acceptors (Lipinski definition) is 11. The van der Waals surface area contributed by atoms with Gasteiger partial charge in [-0.2, -0.15) is 15.3 Å². The van der Waals surface area contributed by atoms with Crippen LogP contribution in [0.15, 0.2) is 213 Å². The quantitative estimate of drug-likeness (QED) is 0.0114. The topological polar surface area (TPSA) is 261 Å². The Morgan fingerprint density at radius 1 is 0.458 bits per heavy atom. The molecule has 3 aromatic heterocycles. The Morgan fingerprint density at radius 2 is 0.794 bits per heavy atom. The molecule has 2 atom stereocenters. The number of carbonyl (C=O) groups is 5. The summed E-state index contributed by atoms with van der Waals surface area (Å²) in [5.41, 5.74) is 19.1. The second-order valence-electron chi connectivity index (χ2n) is 31.2. The molecule has 0 bridgehead atoms. The van der Waals surface area contributed by atoms with E-state index < -0.39 is 30.3 Å². The average molecular weight is 2510 g/mol. The summed E-state index contributed by atoms with van der Waals surface area (Å²) in [6.07, 6.45) is 33.6. The van der Waals surface area contributed by atoms with Crippen LogP contribution in [-0.4, -0.2) is 106 Å². The van der Waals surface area contributed by atoms with Gasteiger partial charge in [-0.1, -0.05) is 203 Å². The number of fused-ring (bicyclic) bond motifs is 3. The summed E-state index contributed by atoms with van der Waals surface area (Å²) in [6, 6.07) is 56.6. The first kappa shape index (κ1) is 107. The zero-order chi connectivity index (χ0) is 93.2. The molecule has 2 aliphatic carbocycles. The molecular formula is C101H102Cl3F3I6N7O11-. The smallest absolute Gasteiger partial charge is 0.314 e. The van der Waals surface area contributed by atoms with Gasteiger partial charge in [0, 0.05) is 96.4 Å². The van der Waals surface area contributed by atoms with Crippen molar-refractivity contribution in [3.8, 4) is 0 Å². The molecule has 131 heavy (non-hydrogen) atoms. The van der Waals surface area contributed by atoms with Gasteiger partial charge in [-0.15, -0.1) is 24.0 Å². The van der Waals surface area contributed by atoms with E-state index in [1.54, 1.807) is 48.7 Å². The SMILES string of the molecule is C1CCC(NC2CCCCC2)CC1.CC/C(=C(/c1ccc(/C=C/C(=O)O)cc1)c1ccc2[nH]ncc2c1)c1ccc(F)cc1Cl.CC/C(=C(/c1ccc(/C=C/C(=O)O)cc1)c1ccc2c(cnn2C2CCCCO2)c1)c1ccc(F)cc1Cl.CC/C(=C(/c1ccc(C=O)cc1)c1ccc2c(cnn2C2CCCCO2)c1)c1ccc(F)cc1Cl.I.II.I[I-]I.O=C(O)CC(=O)O. The Balaban J connectivity index is 0.000000195. The molecule has 12 aromatic rings. The number of carboxylic acids is 4. The number of halogens is 12. The van der Waals surface area contributed by atoms with Gasteiger partial charge in [-0.25, -0.2) is 32.1 Å². The minimum atomic E-state index is -1.31. The van der Waals surface area contributed by atoms with Crippen molar-refractivity contribution in [2.45, 2.75) is 174 Å². The van der Waals surface area contributed by atoms with Crippen molar-refractivity contribution in [1.29, 1.82) is 0 Å². The maximum atomic E-state index is 13.9. The zero-order valence-corrected chi connectivity index (χ0v) is 87.6. The Morgan fingerprint density at radius 3 is 1.11 bits per heavy atom. The van der Waals surface area contributed by atoms with Crippen LogP contribution in [0, 0.1) is 17.5 Å². The Bertz CT molecular complexity index is 5960. The van der Waals surface area contributed by atoms with Crippen LogP contribution in [0.2, 0.25) is 15.1 Å². The number of aliphatic carboxylic acids is 4. The van der Waals surface area contributed by atoms with Crippen molar-refractivity contribution < 1.29 is 80.3 Å². The molecule has 6 N–H and O–H groups in total. The van der Waals surface area contributed by atoms with Gasteiger partial charge in [-0.3, -0.25) is 19.5 Å². The average Bonchev–Trinajstić information content (AvgIpc) is 1.72. The Hall–Kier alpha value is -7.44. The molecule has 0 amide bonds. The molecule has 2 aliphatic heterocycles. The van der Waals surface area contributed by atoms with E-state index in [0.29, 0.717) is 53.1 Å². The Labute approximate surface area is 846 Å². The molecule has 18 nitrogen and oxygen atoms in total. The number of hydrogen-bond donors (Lipinski definition) is 6. The molecule has 5 heterocycles. The largest absolute Gasteiger partial charge is 0.481 e. The van der Waals surface area contributed by atoms with Crippen molar-refractivity contribution in [1.82, 2.24) is 35.1 Å². The third-order valence-corrected chi connectivity index (χ3v) is 23.6. The predicted octanol–water partition coefficient (Wildman–Crippen LogP) is 26.5. The van der Waals surface area contributed by atoms with E-state index in [1.165, 1.54) is 101 Å². The fraction of sp³-hybridized carbons (Fsp3) is 0.287. The number of nitrogens with one attached hydrogen (secondary N) is 2. The predicted molar refractivity (Wildman–Crippen MR) is 562 cm³/mol. The number of allylic oxidation sites excluding steroid dienone is 3. The molecule has 4 aliphatic rings. The maximum Gasteiger partial charge on any atom is 0.314 e. The van der Waals surface area contributed by atoms with Gasteiger partial charge in [-0.05, 0) is 263 Å². The number of aromatic amines is 1. The van der Waals surface area contributed by atoms with Gasteiger partial charge in [0.2, 0.25) is 0 Å². The zero-order valence-electron chi connectivity index (χ0n) is 72.3. The van der Waals surface area contributed by atoms with Crippen LogP contribution in [0.4, 0.5) is 13.2 Å². The van der Waals surface area contributed by atoms with Crippen LogP contribution in [0.5, 0.6) is 0 Å². The third kappa shape index (κ3) is 31.3. The summed E-state index contributed by atoms with van der Waals surface area (Å²) in [4.78, 5) is 51.9. The molecule has 0 radical (unpaired) electrons. The van der Waals surface area contributed by atoms with E-state index in [-0.39, 0.29) is 53.9 Å². The fourth-order valence-electron chi connectivity index (χ4n) is 16.6. The summed E-state index contributed by atoms with van der Waals surface area (Å²) in [5.74, 6) is -5.76.